The number of nitrogens with zero attached hydrogens (tertiary/aromatic N) is 1. The SMILES string of the molecule is Cc1cc(C)cc(C(C#N)NC2CCCCCC2)c1. The van der Waals surface area contributed by atoms with E-state index in [2.05, 4.69) is 43.4 Å². The maximum Gasteiger partial charge on any atom is 0.121 e. The van der Waals surface area contributed by atoms with Gasteiger partial charge < -0.3 is 0 Å². The van der Waals surface area contributed by atoms with Crippen LogP contribution in [0, 0.1) is 25.2 Å². The zero-order chi connectivity index (χ0) is 13.7. The molecule has 2 heteroatoms. The minimum absolute atomic E-state index is 0.165. The second kappa shape index (κ2) is 6.73. The number of benzene rings is 1. The normalized spacial score (nSPS) is 18.6. The second-order valence-electron chi connectivity index (χ2n) is 5.84. The monoisotopic (exact) mass is 256 g/mol. The summed E-state index contributed by atoms with van der Waals surface area (Å²) in [6.07, 6.45) is 7.70. The summed E-state index contributed by atoms with van der Waals surface area (Å²) < 4.78 is 0. The molecule has 2 nitrogen and oxygen atoms in total. The first-order valence-corrected chi connectivity index (χ1v) is 7.43. The van der Waals surface area contributed by atoms with E-state index in [9.17, 15) is 5.26 Å². The van der Waals surface area contributed by atoms with Crippen LogP contribution in [0.5, 0.6) is 0 Å². The number of rotatable bonds is 3. The molecule has 0 heterocycles. The van der Waals surface area contributed by atoms with Crippen LogP contribution in [-0.2, 0) is 0 Å². The van der Waals surface area contributed by atoms with Crippen molar-refractivity contribution < 1.29 is 0 Å². The Bertz CT molecular complexity index is 431. The predicted molar refractivity (Wildman–Crippen MR) is 78.9 cm³/mol. The molecule has 1 aliphatic rings. The van der Waals surface area contributed by atoms with E-state index in [-0.39, 0.29) is 6.04 Å². The fourth-order valence-electron chi connectivity index (χ4n) is 3.07. The molecule has 0 aromatic heterocycles. The summed E-state index contributed by atoms with van der Waals surface area (Å²) >= 11 is 0. The molecule has 1 fully saturated rings. The first-order valence-electron chi connectivity index (χ1n) is 7.43. The third kappa shape index (κ3) is 4.08. The lowest BCUT2D eigenvalue weighted by Gasteiger charge is -2.21. The van der Waals surface area contributed by atoms with Gasteiger partial charge in [0.2, 0.25) is 0 Å². The maximum absolute atomic E-state index is 9.45. The van der Waals surface area contributed by atoms with Gasteiger partial charge in [-0.3, -0.25) is 5.32 Å². The van der Waals surface area contributed by atoms with Crippen LogP contribution >= 0.6 is 0 Å². The molecule has 1 N–H and O–H groups in total. The summed E-state index contributed by atoms with van der Waals surface area (Å²) in [5.41, 5.74) is 3.58. The Morgan fingerprint density at radius 3 is 2.16 bits per heavy atom. The van der Waals surface area contributed by atoms with Gasteiger partial charge >= 0.3 is 0 Å². The number of hydrogen-bond acceptors (Lipinski definition) is 2. The Balaban J connectivity index is 2.08. The number of aryl methyl sites for hydroxylation is 2. The molecule has 1 aromatic rings. The molecule has 102 valence electrons. The Hall–Kier alpha value is -1.33. The van der Waals surface area contributed by atoms with Crippen molar-refractivity contribution in [2.24, 2.45) is 0 Å². The van der Waals surface area contributed by atoms with E-state index in [1.807, 2.05) is 0 Å². The van der Waals surface area contributed by atoms with Crippen molar-refractivity contribution >= 4 is 0 Å². The number of hydrogen-bond donors (Lipinski definition) is 1. The van der Waals surface area contributed by atoms with Crippen LogP contribution in [0.1, 0.15) is 61.3 Å². The van der Waals surface area contributed by atoms with Crippen molar-refractivity contribution in [1.29, 1.82) is 5.26 Å². The van der Waals surface area contributed by atoms with Crippen LogP contribution in [0.2, 0.25) is 0 Å². The second-order valence-corrected chi connectivity index (χ2v) is 5.84. The minimum Gasteiger partial charge on any atom is -0.295 e. The molecule has 1 aromatic carbocycles. The first kappa shape index (κ1) is 14.1. The number of nitriles is 1. The van der Waals surface area contributed by atoms with Gasteiger partial charge in [-0.15, -0.1) is 0 Å². The van der Waals surface area contributed by atoms with Gasteiger partial charge in [-0.25, -0.2) is 0 Å². The molecule has 0 saturated heterocycles. The van der Waals surface area contributed by atoms with Gasteiger partial charge in [0.25, 0.3) is 0 Å². The quantitative estimate of drug-likeness (QED) is 0.823. The molecule has 1 saturated carbocycles. The smallest absolute Gasteiger partial charge is 0.121 e. The van der Waals surface area contributed by atoms with E-state index < -0.39 is 0 Å². The van der Waals surface area contributed by atoms with E-state index in [0.29, 0.717) is 6.04 Å². The molecule has 1 aliphatic carbocycles. The van der Waals surface area contributed by atoms with Gasteiger partial charge in [0.05, 0.1) is 6.07 Å². The van der Waals surface area contributed by atoms with Crippen molar-refractivity contribution in [2.45, 2.75) is 64.5 Å². The summed E-state index contributed by atoms with van der Waals surface area (Å²) in [6, 6.07) is 9.19. The standard InChI is InChI=1S/C17H24N2/c1-13-9-14(2)11-15(10-13)17(12-18)19-16-7-5-3-4-6-8-16/h9-11,16-17,19H,3-8H2,1-2H3. The molecular formula is C17H24N2. The number of nitrogens with one attached hydrogen (secondary N) is 1. The zero-order valence-electron chi connectivity index (χ0n) is 12.1. The van der Waals surface area contributed by atoms with Crippen molar-refractivity contribution in [1.82, 2.24) is 5.32 Å². The zero-order valence-corrected chi connectivity index (χ0v) is 12.1. The summed E-state index contributed by atoms with van der Waals surface area (Å²) in [5, 5.41) is 13.0. The van der Waals surface area contributed by atoms with Gasteiger partial charge in [-0.2, -0.15) is 5.26 Å². The summed E-state index contributed by atoms with van der Waals surface area (Å²) in [5.74, 6) is 0. The van der Waals surface area contributed by atoms with Crippen LogP contribution < -0.4 is 5.32 Å². The molecule has 0 radical (unpaired) electrons. The van der Waals surface area contributed by atoms with Crippen molar-refractivity contribution in [3.05, 3.63) is 34.9 Å². The molecule has 2 rings (SSSR count). The lowest BCUT2D eigenvalue weighted by Crippen LogP contribution is -2.31. The van der Waals surface area contributed by atoms with Gasteiger partial charge in [0.15, 0.2) is 0 Å². The van der Waals surface area contributed by atoms with Crippen LogP contribution in [0.4, 0.5) is 0 Å². The average molecular weight is 256 g/mol. The van der Waals surface area contributed by atoms with Crippen LogP contribution in [0.25, 0.3) is 0 Å². The molecule has 0 amide bonds. The minimum atomic E-state index is -0.165. The maximum atomic E-state index is 9.45. The lowest BCUT2D eigenvalue weighted by atomic mass is 10.00. The third-order valence-electron chi connectivity index (χ3n) is 3.96. The molecule has 19 heavy (non-hydrogen) atoms. The van der Waals surface area contributed by atoms with Crippen LogP contribution in [-0.4, -0.2) is 6.04 Å². The van der Waals surface area contributed by atoms with E-state index in [1.165, 1.54) is 49.7 Å². The fraction of sp³-hybridized carbons (Fsp3) is 0.588. The molecule has 0 aliphatic heterocycles. The highest BCUT2D eigenvalue weighted by Crippen LogP contribution is 2.22. The van der Waals surface area contributed by atoms with E-state index in [1.54, 1.807) is 0 Å². The Kier molecular flexibility index (Phi) is 4.99. The van der Waals surface area contributed by atoms with Crippen LogP contribution in [0.15, 0.2) is 18.2 Å². The Morgan fingerprint density at radius 2 is 1.63 bits per heavy atom. The largest absolute Gasteiger partial charge is 0.295 e. The third-order valence-corrected chi connectivity index (χ3v) is 3.96. The van der Waals surface area contributed by atoms with E-state index >= 15 is 0 Å². The predicted octanol–water partition coefficient (Wildman–Crippen LogP) is 4.18. The summed E-state index contributed by atoms with van der Waals surface area (Å²) in [6.45, 7) is 4.19. The summed E-state index contributed by atoms with van der Waals surface area (Å²) in [4.78, 5) is 0. The van der Waals surface area contributed by atoms with Gasteiger partial charge in [-0.1, -0.05) is 55.0 Å². The van der Waals surface area contributed by atoms with Gasteiger partial charge in [0.1, 0.15) is 6.04 Å². The van der Waals surface area contributed by atoms with E-state index in [4.69, 9.17) is 0 Å². The Labute approximate surface area is 116 Å². The van der Waals surface area contributed by atoms with Crippen molar-refractivity contribution in [2.75, 3.05) is 0 Å². The fourth-order valence-corrected chi connectivity index (χ4v) is 3.07. The van der Waals surface area contributed by atoms with Crippen LogP contribution in [0.3, 0.4) is 0 Å². The molecule has 0 bridgehead atoms. The van der Waals surface area contributed by atoms with Gasteiger partial charge in [0, 0.05) is 6.04 Å². The first-order chi connectivity index (χ1) is 9.19. The molecular weight excluding hydrogens is 232 g/mol. The highest BCUT2D eigenvalue weighted by atomic mass is 14.9. The van der Waals surface area contributed by atoms with Crippen molar-refractivity contribution in [3.63, 3.8) is 0 Å². The topological polar surface area (TPSA) is 35.8 Å². The molecule has 0 spiro atoms. The lowest BCUT2D eigenvalue weighted by molar-refractivity contribution is 0.436. The highest BCUT2D eigenvalue weighted by Gasteiger charge is 2.18. The summed E-state index contributed by atoms with van der Waals surface area (Å²) in [7, 11) is 0. The Morgan fingerprint density at radius 1 is 1.05 bits per heavy atom. The van der Waals surface area contributed by atoms with Crippen molar-refractivity contribution in [3.8, 4) is 6.07 Å². The average Bonchev–Trinajstić information content (AvgIpc) is 2.63. The van der Waals surface area contributed by atoms with Gasteiger partial charge in [-0.05, 0) is 32.3 Å². The molecule has 1 atom stereocenters. The van der Waals surface area contributed by atoms with E-state index in [0.717, 1.165) is 5.56 Å². The molecule has 1 unspecified atom stereocenters. The highest BCUT2D eigenvalue weighted by molar-refractivity contribution is 5.33.